The largest absolute Gasteiger partial charge is 0.573 e. The number of ether oxygens (including phenoxy) is 1. The molecule has 1 aromatic heterocycles. The van der Waals surface area contributed by atoms with E-state index in [0.29, 0.717) is 16.3 Å². The van der Waals surface area contributed by atoms with Gasteiger partial charge in [-0.25, -0.2) is 0 Å². The Morgan fingerprint density at radius 3 is 2.32 bits per heavy atom. The number of benzene rings is 1. The van der Waals surface area contributed by atoms with Gasteiger partial charge in [-0.2, -0.15) is 0 Å². The van der Waals surface area contributed by atoms with E-state index < -0.39 is 6.36 Å². The summed E-state index contributed by atoms with van der Waals surface area (Å²) in [6.07, 6.45) is -3.08. The van der Waals surface area contributed by atoms with Gasteiger partial charge in [0.15, 0.2) is 0 Å². The molecule has 1 aromatic carbocycles. The van der Waals surface area contributed by atoms with Crippen LogP contribution in [-0.4, -0.2) is 11.3 Å². The maximum atomic E-state index is 12.0. The van der Waals surface area contributed by atoms with Crippen LogP contribution in [0.2, 0.25) is 5.02 Å². The number of aryl methyl sites for hydroxylation is 1. The van der Waals surface area contributed by atoms with Crippen molar-refractivity contribution in [3.63, 3.8) is 0 Å². The first-order valence-electron chi connectivity index (χ1n) is 5.33. The van der Waals surface area contributed by atoms with Gasteiger partial charge in [0.1, 0.15) is 5.75 Å². The Labute approximate surface area is 112 Å². The van der Waals surface area contributed by atoms with Crippen molar-refractivity contribution in [3.8, 4) is 17.0 Å². The van der Waals surface area contributed by atoms with Crippen molar-refractivity contribution < 1.29 is 17.9 Å². The zero-order valence-corrected chi connectivity index (χ0v) is 10.6. The minimum absolute atomic E-state index is 0.269. The summed E-state index contributed by atoms with van der Waals surface area (Å²) in [5.41, 5.74) is 2.09. The van der Waals surface area contributed by atoms with Crippen molar-refractivity contribution in [2.24, 2.45) is 0 Å². The van der Waals surface area contributed by atoms with Gasteiger partial charge in [-0.3, -0.25) is 4.98 Å². The average Bonchev–Trinajstić information content (AvgIpc) is 2.32. The van der Waals surface area contributed by atoms with E-state index in [4.69, 9.17) is 11.6 Å². The van der Waals surface area contributed by atoms with Gasteiger partial charge < -0.3 is 4.74 Å². The summed E-state index contributed by atoms with van der Waals surface area (Å²) >= 11 is 5.97. The Hall–Kier alpha value is -1.75. The molecule has 19 heavy (non-hydrogen) atoms. The maximum absolute atomic E-state index is 12.0. The molecule has 0 N–H and O–H groups in total. The fourth-order valence-electron chi connectivity index (χ4n) is 1.48. The molecule has 0 amide bonds. The zero-order chi connectivity index (χ0) is 14.0. The minimum atomic E-state index is -4.69. The number of hydrogen-bond acceptors (Lipinski definition) is 2. The van der Waals surface area contributed by atoms with Crippen LogP contribution in [0.5, 0.6) is 5.75 Å². The van der Waals surface area contributed by atoms with E-state index in [1.165, 1.54) is 24.3 Å². The second-order valence-corrected chi connectivity index (χ2v) is 4.30. The summed E-state index contributed by atoms with van der Waals surface area (Å²) in [4.78, 5) is 4.17. The van der Waals surface area contributed by atoms with Gasteiger partial charge in [0, 0.05) is 16.8 Å². The Morgan fingerprint density at radius 2 is 1.79 bits per heavy atom. The second kappa shape index (κ2) is 5.09. The predicted octanol–water partition coefficient (Wildman–Crippen LogP) is 4.61. The van der Waals surface area contributed by atoms with Crippen molar-refractivity contribution in [3.05, 3.63) is 47.1 Å². The van der Waals surface area contributed by atoms with E-state index in [1.807, 2.05) is 6.92 Å². The molecule has 0 aliphatic rings. The van der Waals surface area contributed by atoms with Crippen LogP contribution in [0.3, 0.4) is 0 Å². The highest BCUT2D eigenvalue weighted by atomic mass is 35.5. The summed E-state index contributed by atoms with van der Waals surface area (Å²) in [5.74, 6) is -0.269. The Bertz CT molecular complexity index is 581. The summed E-state index contributed by atoms with van der Waals surface area (Å²) in [5, 5.41) is 0.556. The van der Waals surface area contributed by atoms with E-state index in [2.05, 4.69) is 9.72 Å². The molecule has 0 saturated heterocycles. The molecular formula is C13H9ClF3NO. The van der Waals surface area contributed by atoms with Crippen LogP contribution < -0.4 is 4.74 Å². The average molecular weight is 288 g/mol. The predicted molar refractivity (Wildman–Crippen MR) is 66.1 cm³/mol. The molecule has 0 saturated carbocycles. The van der Waals surface area contributed by atoms with Crippen molar-refractivity contribution in [2.75, 3.05) is 0 Å². The van der Waals surface area contributed by atoms with Crippen LogP contribution in [0, 0.1) is 6.92 Å². The zero-order valence-electron chi connectivity index (χ0n) is 9.83. The first-order valence-corrected chi connectivity index (χ1v) is 5.71. The molecule has 0 radical (unpaired) electrons. The van der Waals surface area contributed by atoms with Crippen molar-refractivity contribution in [2.45, 2.75) is 13.3 Å². The number of nitrogens with zero attached hydrogens (tertiary/aromatic N) is 1. The third-order valence-electron chi connectivity index (χ3n) is 2.42. The summed E-state index contributed by atoms with van der Waals surface area (Å²) in [6.45, 7) is 1.82. The molecule has 2 rings (SSSR count). The quantitative estimate of drug-likeness (QED) is 0.805. The van der Waals surface area contributed by atoms with E-state index in [1.54, 1.807) is 12.3 Å². The van der Waals surface area contributed by atoms with Crippen LogP contribution in [-0.2, 0) is 0 Å². The van der Waals surface area contributed by atoms with Gasteiger partial charge >= 0.3 is 6.36 Å². The summed E-state index contributed by atoms with van der Waals surface area (Å²) < 4.78 is 39.8. The molecule has 2 nitrogen and oxygen atoms in total. The van der Waals surface area contributed by atoms with Gasteiger partial charge in [0.05, 0.1) is 5.69 Å². The van der Waals surface area contributed by atoms with E-state index >= 15 is 0 Å². The number of pyridine rings is 1. The molecule has 0 unspecified atom stereocenters. The Balaban J connectivity index is 2.25. The number of hydrogen-bond donors (Lipinski definition) is 0. The fourth-order valence-corrected chi connectivity index (χ4v) is 1.64. The Kier molecular flexibility index (Phi) is 3.66. The topological polar surface area (TPSA) is 22.1 Å². The lowest BCUT2D eigenvalue weighted by Gasteiger charge is -2.09. The van der Waals surface area contributed by atoms with Gasteiger partial charge in [0.25, 0.3) is 0 Å². The molecule has 0 bridgehead atoms. The van der Waals surface area contributed by atoms with Crippen LogP contribution in [0.4, 0.5) is 13.2 Å². The number of aromatic nitrogens is 1. The molecule has 6 heteroatoms. The van der Waals surface area contributed by atoms with Gasteiger partial charge in [-0.15, -0.1) is 13.2 Å². The molecule has 0 aliphatic heterocycles. The SMILES string of the molecule is Cc1cnc(-c2ccc(OC(F)(F)F)cc2)cc1Cl. The van der Waals surface area contributed by atoms with Crippen LogP contribution >= 0.6 is 11.6 Å². The van der Waals surface area contributed by atoms with Crippen LogP contribution in [0.1, 0.15) is 5.56 Å². The van der Waals surface area contributed by atoms with Crippen LogP contribution in [0.15, 0.2) is 36.5 Å². The molecule has 100 valence electrons. The lowest BCUT2D eigenvalue weighted by molar-refractivity contribution is -0.274. The monoisotopic (exact) mass is 287 g/mol. The van der Waals surface area contributed by atoms with Crippen molar-refractivity contribution in [1.82, 2.24) is 4.98 Å². The number of alkyl halides is 3. The standard InChI is InChI=1S/C13H9ClF3NO/c1-8-7-18-12(6-11(8)14)9-2-4-10(5-3-9)19-13(15,16)17/h2-7H,1H3. The van der Waals surface area contributed by atoms with E-state index in [9.17, 15) is 13.2 Å². The highest BCUT2D eigenvalue weighted by Gasteiger charge is 2.30. The van der Waals surface area contributed by atoms with Gasteiger partial charge in [-0.05, 0) is 42.8 Å². The van der Waals surface area contributed by atoms with Gasteiger partial charge in [0.2, 0.25) is 0 Å². The third kappa shape index (κ3) is 3.61. The minimum Gasteiger partial charge on any atom is -0.406 e. The molecule has 0 spiro atoms. The molecule has 1 heterocycles. The molecule has 2 aromatic rings. The van der Waals surface area contributed by atoms with Crippen LogP contribution in [0.25, 0.3) is 11.3 Å². The number of halogens is 4. The van der Waals surface area contributed by atoms with E-state index in [0.717, 1.165) is 5.56 Å². The summed E-state index contributed by atoms with van der Waals surface area (Å²) in [6, 6.07) is 7.12. The van der Waals surface area contributed by atoms with Crippen molar-refractivity contribution >= 4 is 11.6 Å². The first-order chi connectivity index (χ1) is 8.85. The first kappa shape index (κ1) is 13.7. The highest BCUT2D eigenvalue weighted by molar-refractivity contribution is 6.31. The summed E-state index contributed by atoms with van der Waals surface area (Å²) in [7, 11) is 0. The molecule has 0 fully saturated rings. The normalized spacial score (nSPS) is 11.4. The lowest BCUT2D eigenvalue weighted by Crippen LogP contribution is -2.16. The number of rotatable bonds is 2. The highest BCUT2D eigenvalue weighted by Crippen LogP contribution is 2.27. The smallest absolute Gasteiger partial charge is 0.406 e. The lowest BCUT2D eigenvalue weighted by atomic mass is 10.1. The van der Waals surface area contributed by atoms with Gasteiger partial charge in [-0.1, -0.05) is 11.6 Å². The third-order valence-corrected chi connectivity index (χ3v) is 2.83. The fraction of sp³-hybridized carbons (Fsp3) is 0.154. The molecular weight excluding hydrogens is 279 g/mol. The Morgan fingerprint density at radius 1 is 1.16 bits per heavy atom. The van der Waals surface area contributed by atoms with E-state index in [-0.39, 0.29) is 5.75 Å². The molecule has 0 atom stereocenters. The van der Waals surface area contributed by atoms with Crippen molar-refractivity contribution in [1.29, 1.82) is 0 Å². The molecule has 0 aliphatic carbocycles. The second-order valence-electron chi connectivity index (χ2n) is 3.89. The maximum Gasteiger partial charge on any atom is 0.573 e.